The molecule has 1 aromatic heterocycles. The molecule has 112 valence electrons. The van der Waals surface area contributed by atoms with E-state index in [1.54, 1.807) is 23.5 Å². The van der Waals surface area contributed by atoms with E-state index in [0.29, 0.717) is 6.04 Å². The molecule has 3 rings (SSSR count). The number of halogens is 1. The van der Waals surface area contributed by atoms with Gasteiger partial charge < -0.3 is 5.32 Å². The van der Waals surface area contributed by atoms with Crippen molar-refractivity contribution >= 4 is 21.4 Å². The van der Waals surface area contributed by atoms with Crippen LogP contribution < -0.4 is 5.32 Å². The van der Waals surface area contributed by atoms with Crippen LogP contribution in [0, 0.1) is 5.82 Å². The van der Waals surface area contributed by atoms with Gasteiger partial charge in [0.1, 0.15) is 5.82 Å². The van der Waals surface area contributed by atoms with Crippen molar-refractivity contribution in [3.8, 4) is 0 Å². The Morgan fingerprint density at radius 2 is 2.29 bits per heavy atom. The third-order valence-electron chi connectivity index (χ3n) is 3.97. The summed E-state index contributed by atoms with van der Waals surface area (Å²) in [6.07, 6.45) is 4.44. The highest BCUT2D eigenvalue weighted by Crippen LogP contribution is 2.36. The summed E-state index contributed by atoms with van der Waals surface area (Å²) in [5, 5.41) is 4.01. The van der Waals surface area contributed by atoms with Crippen LogP contribution in [-0.4, -0.2) is 24.5 Å². The molecular formula is C17H21FN2S. The van der Waals surface area contributed by atoms with Crippen molar-refractivity contribution in [2.24, 2.45) is 0 Å². The Hall–Kier alpha value is -1.23. The van der Waals surface area contributed by atoms with E-state index < -0.39 is 0 Å². The summed E-state index contributed by atoms with van der Waals surface area (Å²) < 4.78 is 15.3. The summed E-state index contributed by atoms with van der Waals surface area (Å²) >= 11 is 1.70. The maximum atomic E-state index is 14.3. The van der Waals surface area contributed by atoms with Crippen LogP contribution in [-0.2, 0) is 13.1 Å². The van der Waals surface area contributed by atoms with Crippen LogP contribution in [0.3, 0.4) is 0 Å². The first-order valence-corrected chi connectivity index (χ1v) is 8.24. The van der Waals surface area contributed by atoms with E-state index >= 15 is 0 Å². The van der Waals surface area contributed by atoms with Gasteiger partial charge in [0.05, 0.1) is 0 Å². The summed E-state index contributed by atoms with van der Waals surface area (Å²) in [5.41, 5.74) is 1.15. The summed E-state index contributed by atoms with van der Waals surface area (Å²) in [6, 6.07) is 6.02. The van der Waals surface area contributed by atoms with Gasteiger partial charge in [-0.05, 0) is 37.6 Å². The molecule has 1 aliphatic carbocycles. The maximum absolute atomic E-state index is 14.3. The Bertz CT molecular complexity index is 646. The first-order chi connectivity index (χ1) is 10.2. The summed E-state index contributed by atoms with van der Waals surface area (Å²) in [4.78, 5) is 3.66. The highest BCUT2D eigenvalue weighted by molar-refractivity contribution is 7.19. The van der Waals surface area contributed by atoms with Gasteiger partial charge in [-0.1, -0.05) is 12.1 Å². The fourth-order valence-electron chi connectivity index (χ4n) is 2.84. The van der Waals surface area contributed by atoms with Crippen molar-refractivity contribution in [3.05, 3.63) is 47.1 Å². The van der Waals surface area contributed by atoms with Crippen LogP contribution in [0.4, 0.5) is 4.39 Å². The zero-order valence-corrected chi connectivity index (χ0v) is 13.2. The van der Waals surface area contributed by atoms with Crippen molar-refractivity contribution in [2.45, 2.75) is 32.0 Å². The first-order valence-electron chi connectivity index (χ1n) is 7.43. The second-order valence-electron chi connectivity index (χ2n) is 5.60. The van der Waals surface area contributed by atoms with Crippen LogP contribution in [0.2, 0.25) is 0 Å². The van der Waals surface area contributed by atoms with Crippen molar-refractivity contribution < 1.29 is 4.39 Å². The molecule has 0 bridgehead atoms. The van der Waals surface area contributed by atoms with Crippen molar-refractivity contribution in [2.75, 3.05) is 13.6 Å². The molecule has 0 spiro atoms. The van der Waals surface area contributed by atoms with Gasteiger partial charge in [-0.3, -0.25) is 4.90 Å². The lowest BCUT2D eigenvalue weighted by Crippen LogP contribution is -2.26. The summed E-state index contributed by atoms with van der Waals surface area (Å²) in [7, 11) is 1.94. The molecule has 0 saturated heterocycles. The fraction of sp³-hybridized carbons (Fsp3) is 0.412. The van der Waals surface area contributed by atoms with Crippen LogP contribution in [0.5, 0.6) is 0 Å². The standard InChI is InChI=1S/C17H21FN2S/c1-3-9-20(12-7-8-12)11-13-16(10-19-2)21-15-6-4-5-14(18)17(13)15/h3-6,12,19H,1,7-11H2,2H3. The summed E-state index contributed by atoms with van der Waals surface area (Å²) in [5.74, 6) is -0.101. The smallest absolute Gasteiger partial charge is 0.132 e. The number of rotatable bonds is 7. The number of nitrogens with zero attached hydrogens (tertiary/aromatic N) is 1. The topological polar surface area (TPSA) is 15.3 Å². The quantitative estimate of drug-likeness (QED) is 0.780. The Morgan fingerprint density at radius 3 is 2.95 bits per heavy atom. The van der Waals surface area contributed by atoms with Crippen LogP contribution in [0.1, 0.15) is 23.3 Å². The average molecular weight is 304 g/mol. The lowest BCUT2D eigenvalue weighted by molar-refractivity contribution is 0.284. The van der Waals surface area contributed by atoms with Gasteiger partial charge in [0.25, 0.3) is 0 Å². The van der Waals surface area contributed by atoms with Crippen LogP contribution in [0.25, 0.3) is 10.1 Å². The minimum Gasteiger partial charge on any atom is -0.315 e. The normalized spacial score (nSPS) is 15.0. The zero-order chi connectivity index (χ0) is 14.8. The second-order valence-corrected chi connectivity index (χ2v) is 6.73. The highest BCUT2D eigenvalue weighted by Gasteiger charge is 2.29. The first kappa shape index (κ1) is 14.7. The van der Waals surface area contributed by atoms with Gasteiger partial charge in [-0.25, -0.2) is 4.39 Å². The van der Waals surface area contributed by atoms with Gasteiger partial charge in [0.2, 0.25) is 0 Å². The number of benzene rings is 1. The fourth-order valence-corrected chi connectivity index (χ4v) is 4.08. The minimum absolute atomic E-state index is 0.101. The molecule has 1 aromatic carbocycles. The molecular weight excluding hydrogens is 283 g/mol. The number of thiophene rings is 1. The number of hydrogen-bond donors (Lipinski definition) is 1. The molecule has 1 fully saturated rings. The van der Waals surface area contributed by atoms with E-state index in [4.69, 9.17) is 0 Å². The molecule has 1 heterocycles. The van der Waals surface area contributed by atoms with Gasteiger partial charge in [0.15, 0.2) is 0 Å². The number of fused-ring (bicyclic) bond motifs is 1. The Labute approximate surface area is 129 Å². The van der Waals surface area contributed by atoms with Gasteiger partial charge in [-0.2, -0.15) is 0 Å². The highest BCUT2D eigenvalue weighted by atomic mass is 32.1. The van der Waals surface area contributed by atoms with E-state index in [0.717, 1.165) is 35.3 Å². The van der Waals surface area contributed by atoms with E-state index in [2.05, 4.69) is 16.8 Å². The maximum Gasteiger partial charge on any atom is 0.132 e. The van der Waals surface area contributed by atoms with Gasteiger partial charge in [-0.15, -0.1) is 17.9 Å². The largest absolute Gasteiger partial charge is 0.315 e. The lowest BCUT2D eigenvalue weighted by atomic mass is 10.1. The Balaban J connectivity index is 2.01. The molecule has 1 N–H and O–H groups in total. The van der Waals surface area contributed by atoms with E-state index in [1.807, 2.05) is 19.2 Å². The minimum atomic E-state index is -0.101. The van der Waals surface area contributed by atoms with Crippen LogP contribution >= 0.6 is 11.3 Å². The Morgan fingerprint density at radius 1 is 1.48 bits per heavy atom. The molecule has 4 heteroatoms. The summed E-state index contributed by atoms with van der Waals surface area (Å²) in [6.45, 7) is 6.33. The van der Waals surface area contributed by atoms with Crippen molar-refractivity contribution in [1.82, 2.24) is 10.2 Å². The monoisotopic (exact) mass is 304 g/mol. The second kappa shape index (κ2) is 6.26. The van der Waals surface area contributed by atoms with E-state index in [-0.39, 0.29) is 5.82 Å². The SMILES string of the molecule is C=CCN(Cc1c(CNC)sc2cccc(F)c12)C1CC1. The number of nitrogens with one attached hydrogen (secondary N) is 1. The predicted octanol–water partition coefficient (Wildman–Crippen LogP) is 3.91. The third kappa shape index (κ3) is 3.03. The van der Waals surface area contributed by atoms with Crippen molar-refractivity contribution in [3.63, 3.8) is 0 Å². The predicted molar refractivity (Wildman–Crippen MR) is 88.2 cm³/mol. The number of hydrogen-bond acceptors (Lipinski definition) is 3. The molecule has 1 aliphatic rings. The molecule has 0 unspecified atom stereocenters. The van der Waals surface area contributed by atoms with Gasteiger partial charge in [0, 0.05) is 40.6 Å². The van der Waals surface area contributed by atoms with Gasteiger partial charge >= 0.3 is 0 Å². The molecule has 0 radical (unpaired) electrons. The average Bonchev–Trinajstić information content (AvgIpc) is 3.24. The lowest BCUT2D eigenvalue weighted by Gasteiger charge is -2.21. The molecule has 2 aromatic rings. The van der Waals surface area contributed by atoms with E-state index in [9.17, 15) is 4.39 Å². The zero-order valence-electron chi connectivity index (χ0n) is 12.4. The van der Waals surface area contributed by atoms with Crippen LogP contribution in [0.15, 0.2) is 30.9 Å². The molecule has 0 atom stereocenters. The molecule has 0 aliphatic heterocycles. The molecule has 21 heavy (non-hydrogen) atoms. The van der Waals surface area contributed by atoms with E-state index in [1.165, 1.54) is 17.7 Å². The Kier molecular flexibility index (Phi) is 4.38. The van der Waals surface area contributed by atoms with Crippen molar-refractivity contribution in [1.29, 1.82) is 0 Å². The molecule has 0 amide bonds. The molecule has 2 nitrogen and oxygen atoms in total. The third-order valence-corrected chi connectivity index (χ3v) is 5.17. The molecule has 1 saturated carbocycles.